The van der Waals surface area contributed by atoms with Gasteiger partial charge in [0.25, 0.3) is 11.8 Å². The molecule has 0 aliphatic rings. The van der Waals surface area contributed by atoms with E-state index in [0.717, 1.165) is 0 Å². The Morgan fingerprint density at radius 1 is 0.852 bits per heavy atom. The van der Waals surface area contributed by atoms with Crippen molar-refractivity contribution in [3.05, 3.63) is 65.2 Å². The average Bonchev–Trinajstić information content (AvgIpc) is 2.64. The van der Waals surface area contributed by atoms with Crippen LogP contribution >= 0.6 is 0 Å². The Morgan fingerprint density at radius 2 is 1.44 bits per heavy atom. The van der Waals surface area contributed by atoms with Gasteiger partial charge in [-0.15, -0.1) is 0 Å². The Kier molecular flexibility index (Phi) is 7.11. The first-order valence-electron chi connectivity index (χ1n) is 8.91. The number of anilines is 1. The Morgan fingerprint density at radius 3 is 2.00 bits per heavy atom. The zero-order chi connectivity index (χ0) is 19.8. The topological polar surface area (TPSA) is 87.3 Å². The number of rotatable bonds is 7. The molecule has 0 aliphatic carbocycles. The third kappa shape index (κ3) is 6.26. The lowest BCUT2D eigenvalue weighted by Gasteiger charge is -2.09. The molecule has 0 saturated heterocycles. The molecule has 0 spiro atoms. The number of carbonyl (C=O) groups is 3. The van der Waals surface area contributed by atoms with E-state index in [1.54, 1.807) is 36.4 Å². The van der Waals surface area contributed by atoms with E-state index in [-0.39, 0.29) is 17.7 Å². The van der Waals surface area contributed by atoms with Crippen LogP contribution in [0.1, 0.15) is 53.0 Å². The zero-order valence-electron chi connectivity index (χ0n) is 15.8. The molecule has 0 unspecified atom stereocenters. The van der Waals surface area contributed by atoms with Crippen LogP contribution < -0.4 is 16.0 Å². The van der Waals surface area contributed by atoms with E-state index in [1.807, 2.05) is 12.1 Å². The highest BCUT2D eigenvalue weighted by Gasteiger charge is 2.08. The van der Waals surface area contributed by atoms with E-state index < -0.39 is 0 Å². The molecule has 3 N–H and O–H groups in total. The molecule has 6 nitrogen and oxygen atoms in total. The van der Waals surface area contributed by atoms with Crippen molar-refractivity contribution in [2.45, 2.75) is 26.7 Å². The first kappa shape index (κ1) is 20.2. The van der Waals surface area contributed by atoms with E-state index in [0.29, 0.717) is 35.8 Å². The Hall–Kier alpha value is -3.15. The molecule has 0 bridgehead atoms. The second-order valence-electron chi connectivity index (χ2n) is 6.55. The van der Waals surface area contributed by atoms with Gasteiger partial charge in [-0.1, -0.05) is 32.0 Å². The second-order valence-corrected chi connectivity index (χ2v) is 6.55. The summed E-state index contributed by atoms with van der Waals surface area (Å²) in [4.78, 5) is 35.4. The number of nitrogens with one attached hydrogen (secondary N) is 3. The molecule has 3 amide bonds. The average molecular weight is 367 g/mol. The number of amides is 3. The molecular formula is C21H25N3O3. The van der Waals surface area contributed by atoms with Crippen molar-refractivity contribution in [2.24, 2.45) is 0 Å². The van der Waals surface area contributed by atoms with Crippen LogP contribution in [0.25, 0.3) is 0 Å². The molecule has 0 heterocycles. The van der Waals surface area contributed by atoms with Crippen LogP contribution in [0.4, 0.5) is 5.69 Å². The summed E-state index contributed by atoms with van der Waals surface area (Å²) in [5, 5.41) is 8.16. The van der Waals surface area contributed by atoms with Gasteiger partial charge >= 0.3 is 0 Å². The standard InChI is InChI=1S/C21H25N3O3/c1-14(2)16-7-9-17(10-8-16)20(26)22-11-12-23-21(27)18-5-4-6-19(13-18)24-15(3)25/h4-10,13-14H,11-12H2,1-3H3,(H,22,26)(H,23,27)(H,24,25). The Bertz CT molecular complexity index is 814. The van der Waals surface area contributed by atoms with Crippen molar-refractivity contribution >= 4 is 23.4 Å². The highest BCUT2D eigenvalue weighted by molar-refractivity contribution is 5.97. The number of hydrogen-bond donors (Lipinski definition) is 3. The molecule has 27 heavy (non-hydrogen) atoms. The predicted molar refractivity (Wildman–Crippen MR) is 106 cm³/mol. The van der Waals surface area contributed by atoms with Gasteiger partial charge in [0.15, 0.2) is 0 Å². The third-order valence-electron chi connectivity index (χ3n) is 3.98. The third-order valence-corrected chi connectivity index (χ3v) is 3.98. The lowest BCUT2D eigenvalue weighted by Crippen LogP contribution is -2.34. The van der Waals surface area contributed by atoms with Crippen molar-refractivity contribution in [3.63, 3.8) is 0 Å². The molecule has 142 valence electrons. The fraction of sp³-hybridized carbons (Fsp3) is 0.286. The van der Waals surface area contributed by atoms with E-state index in [2.05, 4.69) is 29.8 Å². The van der Waals surface area contributed by atoms with Crippen molar-refractivity contribution in [1.82, 2.24) is 10.6 Å². The van der Waals surface area contributed by atoms with Gasteiger partial charge in [-0.25, -0.2) is 0 Å². The van der Waals surface area contributed by atoms with E-state index in [4.69, 9.17) is 0 Å². The Labute approximate surface area is 159 Å². The molecular weight excluding hydrogens is 342 g/mol. The van der Waals surface area contributed by atoms with E-state index >= 15 is 0 Å². The van der Waals surface area contributed by atoms with Crippen LogP contribution in [0.15, 0.2) is 48.5 Å². The maximum Gasteiger partial charge on any atom is 0.251 e. The summed E-state index contributed by atoms with van der Waals surface area (Å²) in [5.41, 5.74) is 2.78. The highest BCUT2D eigenvalue weighted by atomic mass is 16.2. The number of hydrogen-bond acceptors (Lipinski definition) is 3. The lowest BCUT2D eigenvalue weighted by molar-refractivity contribution is -0.114. The lowest BCUT2D eigenvalue weighted by atomic mass is 10.0. The summed E-state index contributed by atoms with van der Waals surface area (Å²) < 4.78 is 0. The van der Waals surface area contributed by atoms with Crippen molar-refractivity contribution in [2.75, 3.05) is 18.4 Å². The van der Waals surface area contributed by atoms with Gasteiger partial charge in [-0.2, -0.15) is 0 Å². The SMILES string of the molecule is CC(=O)Nc1cccc(C(=O)NCCNC(=O)c2ccc(C(C)C)cc2)c1. The van der Waals surface area contributed by atoms with Crippen LogP contribution in [0.2, 0.25) is 0 Å². The molecule has 0 radical (unpaired) electrons. The summed E-state index contributed by atoms with van der Waals surface area (Å²) in [7, 11) is 0. The maximum absolute atomic E-state index is 12.2. The Balaban J connectivity index is 1.79. The summed E-state index contributed by atoms with van der Waals surface area (Å²) in [6.45, 7) is 6.24. The molecule has 2 aromatic rings. The first-order chi connectivity index (χ1) is 12.9. The quantitative estimate of drug-likeness (QED) is 0.658. The molecule has 0 saturated carbocycles. The molecule has 0 fully saturated rings. The largest absolute Gasteiger partial charge is 0.350 e. The maximum atomic E-state index is 12.2. The second kappa shape index (κ2) is 9.52. The van der Waals surface area contributed by atoms with Gasteiger partial charge in [-0.3, -0.25) is 14.4 Å². The molecule has 2 rings (SSSR count). The smallest absolute Gasteiger partial charge is 0.251 e. The van der Waals surface area contributed by atoms with Crippen LogP contribution in [0.3, 0.4) is 0 Å². The molecule has 0 aromatic heterocycles. The minimum absolute atomic E-state index is 0.174. The van der Waals surface area contributed by atoms with Gasteiger partial charge in [0.05, 0.1) is 0 Å². The minimum atomic E-state index is -0.266. The van der Waals surface area contributed by atoms with Gasteiger partial charge in [0.2, 0.25) is 5.91 Å². The van der Waals surface area contributed by atoms with Crippen LogP contribution in [0, 0.1) is 0 Å². The van der Waals surface area contributed by atoms with Gasteiger partial charge in [-0.05, 0) is 41.8 Å². The summed E-state index contributed by atoms with van der Waals surface area (Å²) in [6.07, 6.45) is 0. The van der Waals surface area contributed by atoms with E-state index in [1.165, 1.54) is 12.5 Å². The predicted octanol–water partition coefficient (Wildman–Crippen LogP) is 2.93. The highest BCUT2D eigenvalue weighted by Crippen LogP contribution is 2.14. The van der Waals surface area contributed by atoms with E-state index in [9.17, 15) is 14.4 Å². The molecule has 6 heteroatoms. The van der Waals surface area contributed by atoms with Crippen molar-refractivity contribution in [1.29, 1.82) is 0 Å². The number of benzene rings is 2. The fourth-order valence-corrected chi connectivity index (χ4v) is 2.52. The minimum Gasteiger partial charge on any atom is -0.350 e. The van der Waals surface area contributed by atoms with Crippen molar-refractivity contribution < 1.29 is 14.4 Å². The normalized spacial score (nSPS) is 10.4. The molecule has 0 atom stereocenters. The van der Waals surface area contributed by atoms with Gasteiger partial charge < -0.3 is 16.0 Å². The van der Waals surface area contributed by atoms with Gasteiger partial charge in [0, 0.05) is 36.8 Å². The van der Waals surface area contributed by atoms with Crippen LogP contribution in [-0.4, -0.2) is 30.8 Å². The fourth-order valence-electron chi connectivity index (χ4n) is 2.52. The van der Waals surface area contributed by atoms with Crippen LogP contribution in [-0.2, 0) is 4.79 Å². The van der Waals surface area contributed by atoms with Crippen LogP contribution in [0.5, 0.6) is 0 Å². The van der Waals surface area contributed by atoms with Crippen molar-refractivity contribution in [3.8, 4) is 0 Å². The summed E-state index contributed by atoms with van der Waals surface area (Å²) in [6, 6.07) is 14.2. The molecule has 0 aliphatic heterocycles. The molecule has 2 aromatic carbocycles. The van der Waals surface area contributed by atoms with Gasteiger partial charge in [0.1, 0.15) is 0 Å². The summed E-state index contributed by atoms with van der Waals surface area (Å²) in [5.74, 6) is -0.219. The summed E-state index contributed by atoms with van der Waals surface area (Å²) >= 11 is 0. The monoisotopic (exact) mass is 367 g/mol. The first-order valence-corrected chi connectivity index (χ1v) is 8.91. The zero-order valence-corrected chi connectivity index (χ0v) is 15.8. The number of carbonyl (C=O) groups excluding carboxylic acids is 3.